The molecule has 0 spiro atoms. The Morgan fingerprint density at radius 1 is 1.16 bits per heavy atom. The van der Waals surface area contributed by atoms with Crippen molar-refractivity contribution >= 4 is 29.5 Å². The zero-order valence-electron chi connectivity index (χ0n) is 9.65. The standard InChI is InChI=1S/C13H8ClN3OS/c14-9-4-3-5-10(8-9)17-12(19)15-11-6-1-2-7-16(11)13(17)18/h1-8H. The van der Waals surface area contributed by atoms with E-state index in [0.717, 1.165) is 0 Å². The smallest absolute Gasteiger partial charge is 0.252 e. The number of halogens is 1. The van der Waals surface area contributed by atoms with Gasteiger partial charge < -0.3 is 0 Å². The minimum atomic E-state index is -0.266. The van der Waals surface area contributed by atoms with E-state index in [4.69, 9.17) is 23.8 Å². The van der Waals surface area contributed by atoms with Crippen LogP contribution in [0.25, 0.3) is 11.3 Å². The Hall–Kier alpha value is -1.98. The average Bonchev–Trinajstić information content (AvgIpc) is 2.39. The monoisotopic (exact) mass is 289 g/mol. The van der Waals surface area contributed by atoms with Gasteiger partial charge in [-0.2, -0.15) is 0 Å². The Labute approximate surface area is 118 Å². The van der Waals surface area contributed by atoms with Gasteiger partial charge in [0.2, 0.25) is 4.77 Å². The van der Waals surface area contributed by atoms with Crippen molar-refractivity contribution in [3.8, 4) is 5.69 Å². The number of fused-ring (bicyclic) bond motifs is 1. The molecule has 0 unspecified atom stereocenters. The largest absolute Gasteiger partial charge is 0.340 e. The highest BCUT2D eigenvalue weighted by atomic mass is 35.5. The maximum atomic E-state index is 12.4. The highest BCUT2D eigenvalue weighted by Gasteiger charge is 2.07. The second kappa shape index (κ2) is 4.60. The third-order valence-electron chi connectivity index (χ3n) is 2.70. The van der Waals surface area contributed by atoms with Gasteiger partial charge in [0.1, 0.15) is 5.65 Å². The summed E-state index contributed by atoms with van der Waals surface area (Å²) in [7, 11) is 0. The lowest BCUT2D eigenvalue weighted by Crippen LogP contribution is -2.27. The predicted octanol–water partition coefficient (Wildman–Crippen LogP) is 2.87. The van der Waals surface area contributed by atoms with Crippen LogP contribution in [0.2, 0.25) is 5.02 Å². The molecule has 19 heavy (non-hydrogen) atoms. The number of aromatic nitrogens is 3. The number of rotatable bonds is 1. The molecule has 2 aromatic heterocycles. The van der Waals surface area contributed by atoms with Crippen molar-refractivity contribution in [2.75, 3.05) is 0 Å². The summed E-state index contributed by atoms with van der Waals surface area (Å²) in [5.74, 6) is 0. The lowest BCUT2D eigenvalue weighted by atomic mass is 10.3. The molecule has 0 aliphatic heterocycles. The minimum absolute atomic E-state index is 0.207. The summed E-state index contributed by atoms with van der Waals surface area (Å²) < 4.78 is 3.00. The van der Waals surface area contributed by atoms with Crippen LogP contribution in [0, 0.1) is 4.77 Å². The molecular weight excluding hydrogens is 282 g/mol. The molecule has 3 rings (SSSR count). The fraction of sp³-hybridized carbons (Fsp3) is 0. The van der Waals surface area contributed by atoms with Crippen molar-refractivity contribution in [1.82, 2.24) is 14.0 Å². The van der Waals surface area contributed by atoms with Crippen molar-refractivity contribution in [3.05, 3.63) is 68.9 Å². The summed E-state index contributed by atoms with van der Waals surface area (Å²) in [6.45, 7) is 0. The molecule has 6 heteroatoms. The Bertz CT molecular complexity index is 885. The second-order valence-electron chi connectivity index (χ2n) is 3.92. The van der Waals surface area contributed by atoms with Gasteiger partial charge in [0.15, 0.2) is 0 Å². The van der Waals surface area contributed by atoms with E-state index in [1.54, 1.807) is 48.7 Å². The summed E-state index contributed by atoms with van der Waals surface area (Å²) in [6.07, 6.45) is 1.65. The van der Waals surface area contributed by atoms with Crippen LogP contribution in [0.5, 0.6) is 0 Å². The number of nitrogens with zero attached hydrogens (tertiary/aromatic N) is 3. The van der Waals surface area contributed by atoms with Crippen LogP contribution >= 0.6 is 23.8 Å². The molecule has 0 amide bonds. The number of hydrogen-bond donors (Lipinski definition) is 0. The molecule has 3 aromatic rings. The van der Waals surface area contributed by atoms with Gasteiger partial charge in [0, 0.05) is 11.2 Å². The van der Waals surface area contributed by atoms with Gasteiger partial charge in [0.05, 0.1) is 5.69 Å². The average molecular weight is 290 g/mol. The molecule has 2 heterocycles. The lowest BCUT2D eigenvalue weighted by Gasteiger charge is -2.08. The van der Waals surface area contributed by atoms with Crippen molar-refractivity contribution in [2.45, 2.75) is 0 Å². The molecule has 0 atom stereocenters. The molecule has 0 aliphatic rings. The summed E-state index contributed by atoms with van der Waals surface area (Å²) in [5, 5.41) is 0.539. The fourth-order valence-electron chi connectivity index (χ4n) is 1.86. The minimum Gasteiger partial charge on any atom is -0.252 e. The molecule has 0 N–H and O–H groups in total. The number of pyridine rings is 1. The zero-order chi connectivity index (χ0) is 13.4. The van der Waals surface area contributed by atoms with Gasteiger partial charge in [-0.15, -0.1) is 0 Å². The summed E-state index contributed by atoms with van der Waals surface area (Å²) in [4.78, 5) is 16.7. The summed E-state index contributed by atoms with van der Waals surface area (Å²) >= 11 is 11.1. The number of benzene rings is 1. The molecule has 0 saturated carbocycles. The maximum absolute atomic E-state index is 12.4. The molecule has 0 radical (unpaired) electrons. The molecule has 1 aromatic carbocycles. The van der Waals surface area contributed by atoms with Gasteiger partial charge in [0.25, 0.3) is 0 Å². The van der Waals surface area contributed by atoms with Gasteiger partial charge >= 0.3 is 5.69 Å². The molecular formula is C13H8ClN3OS. The Kier molecular flexibility index (Phi) is 2.93. The third kappa shape index (κ3) is 2.07. The predicted molar refractivity (Wildman–Crippen MR) is 76.6 cm³/mol. The summed E-state index contributed by atoms with van der Waals surface area (Å²) in [5.41, 5.74) is 0.863. The van der Waals surface area contributed by atoms with Gasteiger partial charge in [-0.3, -0.25) is 4.40 Å². The molecule has 0 saturated heterocycles. The van der Waals surface area contributed by atoms with Gasteiger partial charge in [-0.25, -0.2) is 14.3 Å². The van der Waals surface area contributed by atoms with Crippen LogP contribution in [0.3, 0.4) is 0 Å². The van der Waals surface area contributed by atoms with E-state index in [-0.39, 0.29) is 10.5 Å². The normalized spacial score (nSPS) is 10.8. The van der Waals surface area contributed by atoms with Crippen molar-refractivity contribution < 1.29 is 0 Å². The van der Waals surface area contributed by atoms with E-state index in [9.17, 15) is 4.79 Å². The summed E-state index contributed by atoms with van der Waals surface area (Å²) in [6, 6.07) is 12.2. The van der Waals surface area contributed by atoms with E-state index in [1.807, 2.05) is 0 Å². The maximum Gasteiger partial charge on any atom is 0.340 e. The van der Waals surface area contributed by atoms with E-state index in [0.29, 0.717) is 16.4 Å². The Morgan fingerprint density at radius 2 is 2.00 bits per heavy atom. The van der Waals surface area contributed by atoms with Crippen LogP contribution in [0.15, 0.2) is 53.5 Å². The Morgan fingerprint density at radius 3 is 2.79 bits per heavy atom. The van der Waals surface area contributed by atoms with Gasteiger partial charge in [-0.1, -0.05) is 23.7 Å². The van der Waals surface area contributed by atoms with Crippen molar-refractivity contribution in [1.29, 1.82) is 0 Å². The molecule has 0 fully saturated rings. The van der Waals surface area contributed by atoms with E-state index >= 15 is 0 Å². The molecule has 4 nitrogen and oxygen atoms in total. The quantitative estimate of drug-likeness (QED) is 0.647. The van der Waals surface area contributed by atoms with Crippen LogP contribution in [-0.2, 0) is 0 Å². The number of hydrogen-bond acceptors (Lipinski definition) is 3. The van der Waals surface area contributed by atoms with E-state index in [1.165, 1.54) is 8.97 Å². The van der Waals surface area contributed by atoms with E-state index < -0.39 is 0 Å². The van der Waals surface area contributed by atoms with E-state index in [2.05, 4.69) is 4.98 Å². The lowest BCUT2D eigenvalue weighted by molar-refractivity contribution is 0.819. The highest BCUT2D eigenvalue weighted by molar-refractivity contribution is 7.71. The molecule has 94 valence electrons. The first-order valence-corrected chi connectivity index (χ1v) is 6.32. The van der Waals surface area contributed by atoms with Gasteiger partial charge in [-0.05, 0) is 42.5 Å². The molecule has 0 aliphatic carbocycles. The van der Waals surface area contributed by atoms with Crippen LogP contribution < -0.4 is 5.69 Å². The molecule has 0 bridgehead atoms. The second-order valence-corrected chi connectivity index (χ2v) is 4.72. The van der Waals surface area contributed by atoms with Crippen LogP contribution in [-0.4, -0.2) is 14.0 Å². The fourth-order valence-corrected chi connectivity index (χ4v) is 2.32. The SMILES string of the molecule is O=c1n(-c2cccc(Cl)c2)c(=S)nc2ccccn12. The highest BCUT2D eigenvalue weighted by Crippen LogP contribution is 2.13. The van der Waals surface area contributed by atoms with Crippen molar-refractivity contribution in [2.24, 2.45) is 0 Å². The Balaban J connectivity index is 2.42. The zero-order valence-corrected chi connectivity index (χ0v) is 11.2. The first kappa shape index (κ1) is 12.1. The van der Waals surface area contributed by atoms with Crippen LogP contribution in [0.1, 0.15) is 0 Å². The van der Waals surface area contributed by atoms with Crippen molar-refractivity contribution in [3.63, 3.8) is 0 Å². The third-order valence-corrected chi connectivity index (χ3v) is 3.21. The first-order valence-electron chi connectivity index (χ1n) is 5.53. The van der Waals surface area contributed by atoms with Crippen LogP contribution in [0.4, 0.5) is 0 Å². The first-order chi connectivity index (χ1) is 9.16. The topological polar surface area (TPSA) is 39.3 Å².